The topological polar surface area (TPSA) is 66.5 Å². The Hall–Kier alpha value is -1.66. The molecule has 2 saturated heterocycles. The monoisotopic (exact) mass is 318 g/mol. The predicted octanol–water partition coefficient (Wildman–Crippen LogP) is 1.49. The molecule has 2 aliphatic rings. The summed E-state index contributed by atoms with van der Waals surface area (Å²) in [5.41, 5.74) is 0.580. The molecule has 2 N–H and O–H groups in total. The van der Waals surface area contributed by atoms with Gasteiger partial charge in [0.05, 0.1) is 18.3 Å². The first-order valence-corrected chi connectivity index (χ1v) is 8.49. The SMILES string of the molecule is CC(C)Nc1ncccc1C(=O)NC[C@H]1CN2CCC[C@H]2CO1. The normalized spacial score (nSPS) is 24.5. The van der Waals surface area contributed by atoms with Gasteiger partial charge >= 0.3 is 0 Å². The van der Waals surface area contributed by atoms with Gasteiger partial charge in [-0.3, -0.25) is 9.69 Å². The molecule has 126 valence electrons. The molecule has 0 radical (unpaired) electrons. The zero-order chi connectivity index (χ0) is 16.2. The van der Waals surface area contributed by atoms with Gasteiger partial charge in [0.25, 0.3) is 5.91 Å². The lowest BCUT2D eigenvalue weighted by molar-refractivity contribution is -0.0461. The zero-order valence-electron chi connectivity index (χ0n) is 13.9. The number of nitrogens with zero attached hydrogens (tertiary/aromatic N) is 2. The minimum atomic E-state index is -0.103. The molecule has 6 heteroatoms. The molecule has 1 aromatic heterocycles. The van der Waals surface area contributed by atoms with E-state index in [-0.39, 0.29) is 18.1 Å². The van der Waals surface area contributed by atoms with Crippen LogP contribution in [0, 0.1) is 0 Å². The maximum Gasteiger partial charge on any atom is 0.255 e. The Morgan fingerprint density at radius 1 is 1.52 bits per heavy atom. The van der Waals surface area contributed by atoms with Crippen LogP contribution < -0.4 is 10.6 Å². The van der Waals surface area contributed by atoms with Crippen LogP contribution in [0.25, 0.3) is 0 Å². The smallest absolute Gasteiger partial charge is 0.255 e. The van der Waals surface area contributed by atoms with E-state index >= 15 is 0 Å². The third-order valence-electron chi connectivity index (χ3n) is 4.43. The molecule has 0 unspecified atom stereocenters. The van der Waals surface area contributed by atoms with Crippen molar-refractivity contribution in [3.05, 3.63) is 23.9 Å². The first-order valence-electron chi connectivity index (χ1n) is 8.49. The fourth-order valence-corrected chi connectivity index (χ4v) is 3.29. The predicted molar refractivity (Wildman–Crippen MR) is 89.7 cm³/mol. The van der Waals surface area contributed by atoms with Crippen LogP contribution in [0.5, 0.6) is 0 Å². The van der Waals surface area contributed by atoms with E-state index in [9.17, 15) is 4.79 Å². The number of hydrogen-bond donors (Lipinski definition) is 2. The highest BCUT2D eigenvalue weighted by atomic mass is 16.5. The lowest BCUT2D eigenvalue weighted by atomic mass is 10.2. The van der Waals surface area contributed by atoms with Gasteiger partial charge < -0.3 is 15.4 Å². The van der Waals surface area contributed by atoms with Gasteiger partial charge in [-0.1, -0.05) is 0 Å². The van der Waals surface area contributed by atoms with Crippen molar-refractivity contribution < 1.29 is 9.53 Å². The number of amides is 1. The average molecular weight is 318 g/mol. The number of morpholine rings is 1. The summed E-state index contributed by atoms with van der Waals surface area (Å²) in [6.45, 7) is 7.45. The number of nitrogens with one attached hydrogen (secondary N) is 2. The van der Waals surface area contributed by atoms with Gasteiger partial charge in [-0.15, -0.1) is 0 Å². The Morgan fingerprint density at radius 3 is 3.22 bits per heavy atom. The molecule has 0 aromatic carbocycles. The van der Waals surface area contributed by atoms with E-state index in [1.165, 1.54) is 12.8 Å². The van der Waals surface area contributed by atoms with Crippen molar-refractivity contribution in [1.29, 1.82) is 0 Å². The highest BCUT2D eigenvalue weighted by Crippen LogP contribution is 2.22. The van der Waals surface area contributed by atoms with E-state index in [2.05, 4.69) is 20.5 Å². The summed E-state index contributed by atoms with van der Waals surface area (Å²) in [6, 6.07) is 4.39. The van der Waals surface area contributed by atoms with E-state index in [0.29, 0.717) is 24.0 Å². The van der Waals surface area contributed by atoms with Gasteiger partial charge in [-0.2, -0.15) is 0 Å². The molecule has 3 heterocycles. The third-order valence-corrected chi connectivity index (χ3v) is 4.43. The largest absolute Gasteiger partial charge is 0.373 e. The number of aromatic nitrogens is 1. The molecule has 2 aliphatic heterocycles. The average Bonchev–Trinajstić information content (AvgIpc) is 3.00. The van der Waals surface area contributed by atoms with E-state index in [1.807, 2.05) is 13.8 Å². The molecule has 0 saturated carbocycles. The molecule has 6 nitrogen and oxygen atoms in total. The number of carbonyl (C=O) groups excluding carboxylic acids is 1. The van der Waals surface area contributed by atoms with Crippen LogP contribution in [-0.2, 0) is 4.74 Å². The molecule has 1 aromatic rings. The molecule has 23 heavy (non-hydrogen) atoms. The van der Waals surface area contributed by atoms with E-state index in [0.717, 1.165) is 19.7 Å². The number of rotatable bonds is 5. The standard InChI is InChI=1S/C17H26N4O2/c1-12(2)20-16-15(6-3-7-18-16)17(22)19-9-14-10-21-8-4-5-13(21)11-23-14/h3,6-7,12-14H,4-5,8-11H2,1-2H3,(H,18,20)(H,19,22)/t13-,14-/m0/s1. The number of carbonyl (C=O) groups is 1. The molecule has 0 spiro atoms. The van der Waals surface area contributed by atoms with Gasteiger partial charge in [-0.05, 0) is 45.4 Å². The van der Waals surface area contributed by atoms with E-state index < -0.39 is 0 Å². The van der Waals surface area contributed by atoms with Crippen molar-refractivity contribution in [3.8, 4) is 0 Å². The van der Waals surface area contributed by atoms with Crippen molar-refractivity contribution in [2.45, 2.75) is 44.9 Å². The Labute approximate surface area is 137 Å². The lowest BCUT2D eigenvalue weighted by Crippen LogP contribution is -2.50. The summed E-state index contributed by atoms with van der Waals surface area (Å²) in [6.07, 6.45) is 4.26. The van der Waals surface area contributed by atoms with Crippen LogP contribution >= 0.6 is 0 Å². The van der Waals surface area contributed by atoms with Crippen LogP contribution in [0.1, 0.15) is 37.0 Å². The summed E-state index contributed by atoms with van der Waals surface area (Å²) in [5, 5.41) is 6.20. The van der Waals surface area contributed by atoms with Crippen molar-refractivity contribution >= 4 is 11.7 Å². The Morgan fingerprint density at radius 2 is 2.39 bits per heavy atom. The van der Waals surface area contributed by atoms with Crippen molar-refractivity contribution in [2.75, 3.05) is 31.6 Å². The number of fused-ring (bicyclic) bond motifs is 1. The van der Waals surface area contributed by atoms with Gasteiger partial charge in [-0.25, -0.2) is 4.98 Å². The molecule has 2 atom stereocenters. The summed E-state index contributed by atoms with van der Waals surface area (Å²) >= 11 is 0. The molecular formula is C17H26N4O2. The number of hydrogen-bond acceptors (Lipinski definition) is 5. The maximum absolute atomic E-state index is 12.5. The van der Waals surface area contributed by atoms with E-state index in [1.54, 1.807) is 18.3 Å². The first kappa shape index (κ1) is 16.2. The minimum absolute atomic E-state index is 0.0754. The van der Waals surface area contributed by atoms with E-state index in [4.69, 9.17) is 4.74 Å². The third kappa shape index (κ3) is 4.00. The Balaban J connectivity index is 1.55. The van der Waals surface area contributed by atoms with Crippen molar-refractivity contribution in [1.82, 2.24) is 15.2 Å². The Bertz CT molecular complexity index is 549. The highest BCUT2D eigenvalue weighted by molar-refractivity contribution is 5.98. The lowest BCUT2D eigenvalue weighted by Gasteiger charge is -2.35. The van der Waals surface area contributed by atoms with Gasteiger partial charge in [0.1, 0.15) is 5.82 Å². The molecule has 3 rings (SSSR count). The maximum atomic E-state index is 12.5. The summed E-state index contributed by atoms with van der Waals surface area (Å²) in [7, 11) is 0. The second kappa shape index (κ2) is 7.27. The molecule has 2 fully saturated rings. The molecule has 0 bridgehead atoms. The summed E-state index contributed by atoms with van der Waals surface area (Å²) in [5.74, 6) is 0.526. The van der Waals surface area contributed by atoms with Crippen LogP contribution in [0.2, 0.25) is 0 Å². The number of pyridine rings is 1. The van der Waals surface area contributed by atoms with Gasteiger partial charge in [0.2, 0.25) is 0 Å². The van der Waals surface area contributed by atoms with Crippen LogP contribution in [0.15, 0.2) is 18.3 Å². The van der Waals surface area contributed by atoms with Crippen LogP contribution in [-0.4, -0.2) is 60.2 Å². The molecular weight excluding hydrogens is 292 g/mol. The molecule has 0 aliphatic carbocycles. The second-order valence-corrected chi connectivity index (χ2v) is 6.65. The summed E-state index contributed by atoms with van der Waals surface area (Å²) < 4.78 is 5.89. The van der Waals surface area contributed by atoms with Crippen molar-refractivity contribution in [3.63, 3.8) is 0 Å². The van der Waals surface area contributed by atoms with Crippen LogP contribution in [0.4, 0.5) is 5.82 Å². The van der Waals surface area contributed by atoms with Gasteiger partial charge in [0.15, 0.2) is 0 Å². The zero-order valence-corrected chi connectivity index (χ0v) is 13.9. The highest BCUT2D eigenvalue weighted by Gasteiger charge is 2.32. The Kier molecular flexibility index (Phi) is 5.13. The first-order chi connectivity index (χ1) is 11.1. The number of ether oxygens (including phenoxy) is 1. The second-order valence-electron chi connectivity index (χ2n) is 6.65. The molecule has 1 amide bonds. The fraction of sp³-hybridized carbons (Fsp3) is 0.647. The fourth-order valence-electron chi connectivity index (χ4n) is 3.29. The van der Waals surface area contributed by atoms with Crippen molar-refractivity contribution in [2.24, 2.45) is 0 Å². The summed E-state index contributed by atoms with van der Waals surface area (Å²) in [4.78, 5) is 19.2. The van der Waals surface area contributed by atoms with Gasteiger partial charge in [0, 0.05) is 31.4 Å². The number of anilines is 1. The van der Waals surface area contributed by atoms with Crippen LogP contribution in [0.3, 0.4) is 0 Å². The minimum Gasteiger partial charge on any atom is -0.373 e. The quantitative estimate of drug-likeness (QED) is 0.861.